The van der Waals surface area contributed by atoms with Gasteiger partial charge in [-0.2, -0.15) is 0 Å². The number of amides is 2. The van der Waals surface area contributed by atoms with Crippen LogP contribution in [0.3, 0.4) is 0 Å². The molecule has 2 heterocycles. The number of rotatable bonds is 4. The van der Waals surface area contributed by atoms with Crippen molar-refractivity contribution in [1.29, 1.82) is 0 Å². The van der Waals surface area contributed by atoms with Gasteiger partial charge in [0.25, 0.3) is 0 Å². The lowest BCUT2D eigenvalue weighted by atomic mass is 10.0. The predicted octanol–water partition coefficient (Wildman–Crippen LogP) is 3.32. The van der Waals surface area contributed by atoms with Gasteiger partial charge in [-0.3, -0.25) is 4.79 Å². The number of cyclic esters (lactones) is 1. The average Bonchev–Trinajstić information content (AvgIpc) is 3.14. The normalized spacial score (nSPS) is 21.0. The number of aryl methyl sites for hydroxylation is 1. The Labute approximate surface area is 128 Å². The molecule has 0 bridgehead atoms. The molecule has 1 aliphatic heterocycles. The van der Waals surface area contributed by atoms with E-state index in [4.69, 9.17) is 9.15 Å². The zero-order valence-electron chi connectivity index (χ0n) is 12.3. The summed E-state index contributed by atoms with van der Waals surface area (Å²) in [6, 6.07) is 12.7. The maximum Gasteiger partial charge on any atom is 0.417 e. The molecule has 5 nitrogen and oxygen atoms in total. The van der Waals surface area contributed by atoms with Gasteiger partial charge in [0.2, 0.25) is 5.91 Å². The van der Waals surface area contributed by atoms with Crippen LogP contribution < -0.4 is 0 Å². The Balaban J connectivity index is 1.68. The maximum atomic E-state index is 12.3. The highest BCUT2D eigenvalue weighted by Gasteiger charge is 2.42. The number of hydrogen-bond donors (Lipinski definition) is 0. The molecule has 0 radical (unpaired) electrons. The van der Waals surface area contributed by atoms with Crippen molar-refractivity contribution in [2.75, 3.05) is 0 Å². The van der Waals surface area contributed by atoms with Crippen LogP contribution in [0.5, 0.6) is 0 Å². The van der Waals surface area contributed by atoms with Crippen molar-refractivity contribution < 1.29 is 18.7 Å². The standard InChI is InChI=1S/C17H17NO4/c1-12-16(13-6-3-2-4-7-13)22-17(20)18(12)15(19)10-9-14-8-5-11-21-14/h2-8,11-12,16H,9-10H2,1H3/t12-,16?/m1/s1. The maximum absolute atomic E-state index is 12.3. The highest BCUT2D eigenvalue weighted by atomic mass is 16.6. The molecule has 5 heteroatoms. The highest BCUT2D eigenvalue weighted by molar-refractivity contribution is 5.93. The lowest BCUT2D eigenvalue weighted by Gasteiger charge is -2.19. The van der Waals surface area contributed by atoms with Gasteiger partial charge >= 0.3 is 6.09 Å². The van der Waals surface area contributed by atoms with Crippen molar-refractivity contribution in [3.8, 4) is 0 Å². The van der Waals surface area contributed by atoms with Crippen LogP contribution in [0.2, 0.25) is 0 Å². The minimum atomic E-state index is -0.578. The van der Waals surface area contributed by atoms with Gasteiger partial charge in [-0.25, -0.2) is 9.69 Å². The summed E-state index contributed by atoms with van der Waals surface area (Å²) in [5.74, 6) is 0.487. The lowest BCUT2D eigenvalue weighted by molar-refractivity contribution is -0.129. The summed E-state index contributed by atoms with van der Waals surface area (Å²) >= 11 is 0. The Kier molecular flexibility index (Phi) is 3.96. The molecule has 2 amide bonds. The number of ether oxygens (including phenoxy) is 1. The molecule has 0 N–H and O–H groups in total. The van der Waals surface area contributed by atoms with E-state index in [-0.39, 0.29) is 18.4 Å². The van der Waals surface area contributed by atoms with Gasteiger partial charge in [-0.1, -0.05) is 30.3 Å². The van der Waals surface area contributed by atoms with E-state index in [1.807, 2.05) is 43.3 Å². The number of benzene rings is 1. The van der Waals surface area contributed by atoms with E-state index in [0.717, 1.165) is 11.3 Å². The second-order valence-corrected chi connectivity index (χ2v) is 5.30. The summed E-state index contributed by atoms with van der Waals surface area (Å²) in [6.45, 7) is 1.83. The average molecular weight is 299 g/mol. The van der Waals surface area contributed by atoms with Crippen LogP contribution >= 0.6 is 0 Å². The van der Waals surface area contributed by atoms with E-state index in [1.165, 1.54) is 4.90 Å². The van der Waals surface area contributed by atoms with E-state index in [1.54, 1.807) is 12.3 Å². The van der Waals surface area contributed by atoms with Gasteiger partial charge in [0.1, 0.15) is 11.9 Å². The van der Waals surface area contributed by atoms with Crippen LogP contribution in [0.4, 0.5) is 4.79 Å². The van der Waals surface area contributed by atoms with Crippen molar-refractivity contribution >= 4 is 12.0 Å². The summed E-state index contributed by atoms with van der Waals surface area (Å²) in [4.78, 5) is 25.6. The number of imide groups is 1. The Bertz CT molecular complexity index is 651. The second-order valence-electron chi connectivity index (χ2n) is 5.30. The van der Waals surface area contributed by atoms with Crippen molar-refractivity contribution in [3.63, 3.8) is 0 Å². The lowest BCUT2D eigenvalue weighted by Crippen LogP contribution is -2.37. The molecular weight excluding hydrogens is 282 g/mol. The molecular formula is C17H17NO4. The number of carbonyl (C=O) groups excluding carboxylic acids is 2. The molecule has 1 aromatic heterocycles. The quantitative estimate of drug-likeness (QED) is 0.869. The zero-order valence-corrected chi connectivity index (χ0v) is 12.3. The molecule has 1 unspecified atom stereocenters. The first kappa shape index (κ1) is 14.4. The smallest absolute Gasteiger partial charge is 0.417 e. The molecule has 1 fully saturated rings. The molecule has 2 aromatic rings. The minimum Gasteiger partial charge on any atom is -0.469 e. The van der Waals surface area contributed by atoms with Crippen LogP contribution in [0.25, 0.3) is 0 Å². The number of hydrogen-bond acceptors (Lipinski definition) is 4. The van der Waals surface area contributed by atoms with Crippen LogP contribution in [0, 0.1) is 0 Å². The van der Waals surface area contributed by atoms with Gasteiger partial charge in [0.05, 0.1) is 12.3 Å². The third-order valence-corrected chi connectivity index (χ3v) is 3.83. The summed E-state index contributed by atoms with van der Waals surface area (Å²) in [5, 5.41) is 0. The SMILES string of the molecule is C[C@@H]1C(c2ccccc2)OC(=O)N1C(=O)CCc1ccco1. The molecule has 114 valence electrons. The van der Waals surface area contributed by atoms with Crippen LogP contribution in [0.1, 0.15) is 30.8 Å². The van der Waals surface area contributed by atoms with Gasteiger partial charge in [0, 0.05) is 12.8 Å². The molecule has 1 aliphatic rings. The van der Waals surface area contributed by atoms with Crippen LogP contribution in [-0.4, -0.2) is 22.9 Å². The fraction of sp³-hybridized carbons (Fsp3) is 0.294. The van der Waals surface area contributed by atoms with E-state index >= 15 is 0 Å². The number of nitrogens with zero attached hydrogens (tertiary/aromatic N) is 1. The van der Waals surface area contributed by atoms with Crippen molar-refractivity contribution in [2.45, 2.75) is 31.9 Å². The van der Waals surface area contributed by atoms with Crippen molar-refractivity contribution in [2.24, 2.45) is 0 Å². The molecule has 22 heavy (non-hydrogen) atoms. The molecule has 3 rings (SSSR count). The Hall–Kier alpha value is -2.56. The summed E-state index contributed by atoms with van der Waals surface area (Å²) in [6.07, 6.45) is 1.26. The molecule has 2 atom stereocenters. The number of furan rings is 1. The fourth-order valence-electron chi connectivity index (χ4n) is 2.69. The van der Waals surface area contributed by atoms with Gasteiger partial charge in [0.15, 0.2) is 0 Å². The largest absolute Gasteiger partial charge is 0.469 e. The van der Waals surface area contributed by atoms with Crippen LogP contribution in [-0.2, 0) is 16.0 Å². The van der Waals surface area contributed by atoms with E-state index < -0.39 is 12.2 Å². The van der Waals surface area contributed by atoms with Gasteiger partial charge < -0.3 is 9.15 Å². The first-order valence-electron chi connectivity index (χ1n) is 7.27. The van der Waals surface area contributed by atoms with Crippen molar-refractivity contribution in [1.82, 2.24) is 4.90 Å². The van der Waals surface area contributed by atoms with Gasteiger partial charge in [-0.05, 0) is 24.6 Å². The Morgan fingerprint density at radius 1 is 1.18 bits per heavy atom. The van der Waals surface area contributed by atoms with Crippen LogP contribution in [0.15, 0.2) is 53.1 Å². The molecule has 1 saturated heterocycles. The molecule has 0 saturated carbocycles. The fourth-order valence-corrected chi connectivity index (χ4v) is 2.69. The molecule has 1 aromatic carbocycles. The van der Waals surface area contributed by atoms with E-state index in [9.17, 15) is 9.59 Å². The zero-order chi connectivity index (χ0) is 15.5. The summed E-state index contributed by atoms with van der Waals surface area (Å²) in [5.41, 5.74) is 0.893. The summed E-state index contributed by atoms with van der Waals surface area (Å²) in [7, 11) is 0. The Morgan fingerprint density at radius 3 is 2.64 bits per heavy atom. The predicted molar refractivity (Wildman–Crippen MR) is 79.0 cm³/mol. The summed E-state index contributed by atoms with van der Waals surface area (Å²) < 4.78 is 10.6. The molecule has 0 aliphatic carbocycles. The third kappa shape index (κ3) is 2.74. The Morgan fingerprint density at radius 2 is 1.95 bits per heavy atom. The first-order chi connectivity index (χ1) is 10.7. The topological polar surface area (TPSA) is 59.8 Å². The van der Waals surface area contributed by atoms with E-state index in [0.29, 0.717) is 6.42 Å². The third-order valence-electron chi connectivity index (χ3n) is 3.83. The second kappa shape index (κ2) is 6.05. The van der Waals surface area contributed by atoms with Crippen molar-refractivity contribution in [3.05, 3.63) is 60.1 Å². The molecule has 0 spiro atoms. The first-order valence-corrected chi connectivity index (χ1v) is 7.27. The van der Waals surface area contributed by atoms with E-state index in [2.05, 4.69) is 0 Å². The van der Waals surface area contributed by atoms with Gasteiger partial charge in [-0.15, -0.1) is 0 Å². The highest BCUT2D eigenvalue weighted by Crippen LogP contribution is 2.32. The number of carbonyl (C=O) groups is 2. The monoisotopic (exact) mass is 299 g/mol. The minimum absolute atomic E-state index is 0.217.